The van der Waals surface area contributed by atoms with E-state index in [0.717, 1.165) is 57.4 Å². The molecule has 2 aromatic rings. The lowest BCUT2D eigenvalue weighted by atomic mass is 9.74. The molecule has 6 heteroatoms. The molecule has 0 heterocycles. The van der Waals surface area contributed by atoms with Crippen LogP contribution in [0.2, 0.25) is 0 Å². The third kappa shape index (κ3) is 7.20. The number of amides is 1. The summed E-state index contributed by atoms with van der Waals surface area (Å²) in [6.45, 7) is 6.91. The van der Waals surface area contributed by atoms with E-state index in [-0.39, 0.29) is 35.7 Å². The van der Waals surface area contributed by atoms with Crippen LogP contribution in [-0.2, 0) is 22.2 Å². The zero-order valence-corrected chi connectivity index (χ0v) is 23.2. The first kappa shape index (κ1) is 28.7. The minimum Gasteiger partial charge on any atom is -0.390 e. The molecule has 0 aliphatic heterocycles. The summed E-state index contributed by atoms with van der Waals surface area (Å²) >= 11 is 0. The molecule has 2 saturated carbocycles. The maximum atomic E-state index is 13.9. The molecule has 208 valence electrons. The fourth-order valence-corrected chi connectivity index (χ4v) is 6.20. The van der Waals surface area contributed by atoms with Crippen molar-refractivity contribution in [3.63, 3.8) is 0 Å². The van der Waals surface area contributed by atoms with Gasteiger partial charge in [-0.2, -0.15) is 0 Å². The average Bonchev–Trinajstić information content (AvgIpc) is 3.42. The highest BCUT2D eigenvalue weighted by Gasteiger charge is 2.36. The highest BCUT2D eigenvalue weighted by molar-refractivity contribution is 5.79. The van der Waals surface area contributed by atoms with E-state index in [4.69, 9.17) is 0 Å². The van der Waals surface area contributed by atoms with Gasteiger partial charge in [-0.25, -0.2) is 8.78 Å². The standard InChI is InChI=1S/C32H44F2N2O2/c1-31(2,3)24-12-9-13-25(19-24)32(14-7-4-8-15-32)35-21-29(37)28(36-30(38)23-10-5-6-11-23)18-22-16-26(33)20-27(34)17-22/h9,12-13,16-17,19-20,23,28-29,35,37H,4-8,10-11,14-15,18,21H2,1-3H3,(H,36,38). The lowest BCUT2D eigenvalue weighted by Gasteiger charge is -2.41. The first-order chi connectivity index (χ1) is 18.1. The third-order valence-electron chi connectivity index (χ3n) is 8.53. The normalized spacial score (nSPS) is 19.7. The van der Waals surface area contributed by atoms with Crippen molar-refractivity contribution in [2.24, 2.45) is 5.92 Å². The Labute approximate surface area is 226 Å². The fourth-order valence-electron chi connectivity index (χ4n) is 6.20. The van der Waals surface area contributed by atoms with Crippen molar-refractivity contribution in [1.29, 1.82) is 0 Å². The first-order valence-corrected chi connectivity index (χ1v) is 14.4. The van der Waals surface area contributed by atoms with Crippen LogP contribution in [0.1, 0.15) is 95.2 Å². The van der Waals surface area contributed by atoms with Gasteiger partial charge >= 0.3 is 0 Å². The number of nitrogens with one attached hydrogen (secondary N) is 2. The van der Waals surface area contributed by atoms with Crippen LogP contribution >= 0.6 is 0 Å². The molecule has 0 bridgehead atoms. The second kappa shape index (κ2) is 12.3. The zero-order valence-electron chi connectivity index (χ0n) is 23.2. The Balaban J connectivity index is 1.54. The molecular weight excluding hydrogens is 482 g/mol. The summed E-state index contributed by atoms with van der Waals surface area (Å²) in [6.07, 6.45) is 8.32. The van der Waals surface area contributed by atoms with Gasteiger partial charge in [-0.1, -0.05) is 77.1 Å². The van der Waals surface area contributed by atoms with Crippen LogP contribution in [0.5, 0.6) is 0 Å². The maximum absolute atomic E-state index is 13.9. The van der Waals surface area contributed by atoms with E-state index in [2.05, 4.69) is 55.7 Å². The van der Waals surface area contributed by atoms with Crippen molar-refractivity contribution in [2.75, 3.05) is 6.54 Å². The predicted molar refractivity (Wildman–Crippen MR) is 148 cm³/mol. The SMILES string of the molecule is CC(C)(C)c1cccc(C2(NCC(O)C(Cc3cc(F)cc(F)c3)NC(=O)C3CCCC3)CCCCC2)c1. The van der Waals surface area contributed by atoms with Crippen molar-refractivity contribution in [2.45, 2.75) is 108 Å². The Morgan fingerprint density at radius 2 is 1.66 bits per heavy atom. The number of halogens is 2. The molecule has 0 radical (unpaired) electrons. The summed E-state index contributed by atoms with van der Waals surface area (Å²) in [5.74, 6) is -1.46. The number of benzene rings is 2. The van der Waals surface area contributed by atoms with Gasteiger partial charge < -0.3 is 15.7 Å². The summed E-state index contributed by atoms with van der Waals surface area (Å²) in [5.41, 5.74) is 2.70. The second-order valence-corrected chi connectivity index (χ2v) is 12.5. The third-order valence-corrected chi connectivity index (χ3v) is 8.53. The molecule has 4 nitrogen and oxygen atoms in total. The predicted octanol–water partition coefficient (Wildman–Crippen LogP) is 6.29. The Kier molecular flexibility index (Phi) is 9.25. The molecule has 0 saturated heterocycles. The van der Waals surface area contributed by atoms with Gasteiger partial charge in [-0.05, 0) is 66.3 Å². The van der Waals surface area contributed by atoms with Gasteiger partial charge in [0.1, 0.15) is 11.6 Å². The lowest BCUT2D eigenvalue weighted by molar-refractivity contribution is -0.126. The Morgan fingerprint density at radius 1 is 1.00 bits per heavy atom. The Bertz CT molecular complexity index is 1060. The Hall–Kier alpha value is -2.31. The average molecular weight is 527 g/mol. The van der Waals surface area contributed by atoms with Crippen LogP contribution in [-0.4, -0.2) is 29.7 Å². The van der Waals surface area contributed by atoms with E-state index in [1.54, 1.807) is 0 Å². The van der Waals surface area contributed by atoms with E-state index in [0.29, 0.717) is 5.56 Å². The van der Waals surface area contributed by atoms with Crippen LogP contribution < -0.4 is 10.6 Å². The van der Waals surface area contributed by atoms with Crippen molar-refractivity contribution >= 4 is 5.91 Å². The molecule has 4 rings (SSSR count). The zero-order chi connectivity index (χ0) is 27.3. The highest BCUT2D eigenvalue weighted by atomic mass is 19.1. The number of carbonyl (C=O) groups excluding carboxylic acids is 1. The topological polar surface area (TPSA) is 61.4 Å². The van der Waals surface area contributed by atoms with Crippen LogP contribution in [0.15, 0.2) is 42.5 Å². The van der Waals surface area contributed by atoms with E-state index in [1.807, 2.05) is 0 Å². The molecule has 2 unspecified atom stereocenters. The molecule has 2 fully saturated rings. The summed E-state index contributed by atoms with van der Waals surface area (Å²) < 4.78 is 27.9. The number of hydrogen-bond acceptors (Lipinski definition) is 3. The summed E-state index contributed by atoms with van der Waals surface area (Å²) in [7, 11) is 0. The number of aliphatic hydroxyl groups excluding tert-OH is 1. The number of hydrogen-bond donors (Lipinski definition) is 3. The minimum atomic E-state index is -0.920. The summed E-state index contributed by atoms with van der Waals surface area (Å²) in [6, 6.07) is 11.5. The van der Waals surface area contributed by atoms with E-state index in [1.165, 1.54) is 29.7 Å². The van der Waals surface area contributed by atoms with Gasteiger partial charge in [0.2, 0.25) is 5.91 Å². The molecule has 2 aliphatic rings. The second-order valence-electron chi connectivity index (χ2n) is 12.5. The quantitative estimate of drug-likeness (QED) is 0.360. The molecule has 2 atom stereocenters. The highest BCUT2D eigenvalue weighted by Crippen LogP contribution is 2.38. The fraction of sp³-hybridized carbons (Fsp3) is 0.594. The van der Waals surface area contributed by atoms with E-state index < -0.39 is 23.8 Å². The lowest BCUT2D eigenvalue weighted by Crippen LogP contribution is -2.54. The van der Waals surface area contributed by atoms with Gasteiger partial charge in [0, 0.05) is 24.1 Å². The number of rotatable bonds is 9. The number of aliphatic hydroxyl groups is 1. The molecular formula is C32H44F2N2O2. The van der Waals surface area contributed by atoms with Crippen molar-refractivity contribution in [1.82, 2.24) is 10.6 Å². The van der Waals surface area contributed by atoms with Crippen LogP contribution in [0, 0.1) is 17.6 Å². The van der Waals surface area contributed by atoms with Crippen molar-refractivity contribution in [3.8, 4) is 0 Å². The van der Waals surface area contributed by atoms with Gasteiger partial charge in [0.15, 0.2) is 0 Å². The van der Waals surface area contributed by atoms with Gasteiger partial charge in [-0.15, -0.1) is 0 Å². The molecule has 0 spiro atoms. The molecule has 0 aromatic heterocycles. The Morgan fingerprint density at radius 3 is 2.29 bits per heavy atom. The van der Waals surface area contributed by atoms with Crippen LogP contribution in [0.4, 0.5) is 8.78 Å². The summed E-state index contributed by atoms with van der Waals surface area (Å²) in [4.78, 5) is 13.0. The molecule has 1 amide bonds. The van der Waals surface area contributed by atoms with Crippen molar-refractivity contribution < 1.29 is 18.7 Å². The monoisotopic (exact) mass is 526 g/mol. The minimum absolute atomic E-state index is 0.0290. The largest absolute Gasteiger partial charge is 0.390 e. The molecule has 38 heavy (non-hydrogen) atoms. The van der Waals surface area contributed by atoms with Gasteiger partial charge in [-0.3, -0.25) is 4.79 Å². The number of carbonyl (C=O) groups is 1. The smallest absolute Gasteiger partial charge is 0.223 e. The maximum Gasteiger partial charge on any atom is 0.223 e. The van der Waals surface area contributed by atoms with Crippen molar-refractivity contribution in [3.05, 3.63) is 70.8 Å². The van der Waals surface area contributed by atoms with Gasteiger partial charge in [0.05, 0.1) is 12.1 Å². The van der Waals surface area contributed by atoms with Gasteiger partial charge in [0.25, 0.3) is 0 Å². The molecule has 3 N–H and O–H groups in total. The van der Waals surface area contributed by atoms with E-state index >= 15 is 0 Å². The first-order valence-electron chi connectivity index (χ1n) is 14.4. The van der Waals surface area contributed by atoms with Crippen LogP contribution in [0.3, 0.4) is 0 Å². The molecule has 2 aromatic carbocycles. The van der Waals surface area contributed by atoms with E-state index in [9.17, 15) is 18.7 Å². The summed E-state index contributed by atoms with van der Waals surface area (Å²) in [5, 5.41) is 18.2. The van der Waals surface area contributed by atoms with Crippen LogP contribution in [0.25, 0.3) is 0 Å². The molecule has 2 aliphatic carbocycles.